The summed E-state index contributed by atoms with van der Waals surface area (Å²) >= 11 is 3.36. The average Bonchev–Trinajstić information content (AvgIpc) is 2.95. The van der Waals surface area contributed by atoms with Gasteiger partial charge in [0.2, 0.25) is 0 Å². The number of anilines is 1. The molecule has 0 radical (unpaired) electrons. The van der Waals surface area contributed by atoms with Crippen LogP contribution in [0.4, 0.5) is 5.69 Å². The molecule has 2 N–H and O–H groups in total. The van der Waals surface area contributed by atoms with Crippen LogP contribution >= 0.6 is 15.9 Å². The highest BCUT2D eigenvalue weighted by Crippen LogP contribution is 2.37. The van der Waals surface area contributed by atoms with Gasteiger partial charge in [0, 0.05) is 39.5 Å². The highest BCUT2D eigenvalue weighted by molar-refractivity contribution is 9.09. The predicted octanol–water partition coefficient (Wildman–Crippen LogP) is 3.74. The molecule has 0 aromatic heterocycles. The molecule has 122 valence electrons. The lowest BCUT2D eigenvalue weighted by Gasteiger charge is -2.20. The standard InChI is InChI=1S/C19H17BrN2O2/c20-9-10-24-13-6-8-15-12(11-13)5-7-17(21-15)18-14-3-1-2-4-16(14)22-19(18)23/h1-2,4-8,11,14,21H,3,9-10H2,(H,22,23). The number of hydrogen-bond donors (Lipinski definition) is 2. The average molecular weight is 385 g/mol. The van der Waals surface area contributed by atoms with Gasteiger partial charge in [0.05, 0.1) is 6.61 Å². The van der Waals surface area contributed by atoms with Crippen molar-refractivity contribution in [3.8, 4) is 5.75 Å². The lowest BCUT2D eigenvalue weighted by atomic mass is 9.90. The van der Waals surface area contributed by atoms with E-state index in [1.54, 1.807) is 0 Å². The first-order valence-electron chi connectivity index (χ1n) is 7.96. The van der Waals surface area contributed by atoms with Crippen LogP contribution in [-0.4, -0.2) is 17.8 Å². The zero-order chi connectivity index (χ0) is 16.5. The molecule has 4 nitrogen and oxygen atoms in total. The van der Waals surface area contributed by atoms with Crippen LogP contribution in [-0.2, 0) is 4.79 Å². The van der Waals surface area contributed by atoms with Crippen LogP contribution in [0.2, 0.25) is 0 Å². The van der Waals surface area contributed by atoms with Gasteiger partial charge in [-0.05, 0) is 36.8 Å². The SMILES string of the molecule is O=C1NC2=CC=CCC2C1=C1C=Cc2cc(OCCBr)ccc2N1. The number of hydrogen-bond acceptors (Lipinski definition) is 3. The number of alkyl halides is 1. The third kappa shape index (κ3) is 2.69. The van der Waals surface area contributed by atoms with Gasteiger partial charge in [-0.2, -0.15) is 0 Å². The second-order valence-electron chi connectivity index (χ2n) is 5.86. The number of benzene rings is 1. The molecule has 1 saturated heterocycles. The van der Waals surface area contributed by atoms with Crippen molar-refractivity contribution in [3.63, 3.8) is 0 Å². The Balaban J connectivity index is 1.65. The number of amides is 1. The highest BCUT2D eigenvalue weighted by Gasteiger charge is 2.35. The van der Waals surface area contributed by atoms with Crippen molar-refractivity contribution in [1.29, 1.82) is 0 Å². The summed E-state index contributed by atoms with van der Waals surface area (Å²) in [4.78, 5) is 12.4. The van der Waals surface area contributed by atoms with E-state index in [0.717, 1.165) is 45.7 Å². The Hall–Kier alpha value is -2.27. The third-order valence-corrected chi connectivity index (χ3v) is 4.69. The number of carbonyl (C=O) groups excluding carboxylic acids is 1. The fourth-order valence-corrected chi connectivity index (χ4v) is 3.42. The molecule has 2 heterocycles. The predicted molar refractivity (Wildman–Crippen MR) is 98.9 cm³/mol. The lowest BCUT2D eigenvalue weighted by Crippen LogP contribution is -2.16. The minimum absolute atomic E-state index is 0.0113. The number of rotatable bonds is 3. The minimum atomic E-state index is -0.0113. The van der Waals surface area contributed by atoms with E-state index < -0.39 is 0 Å². The Labute approximate surface area is 149 Å². The molecule has 1 atom stereocenters. The Kier molecular flexibility index (Phi) is 4.02. The van der Waals surface area contributed by atoms with Crippen molar-refractivity contribution < 1.29 is 9.53 Å². The van der Waals surface area contributed by atoms with E-state index >= 15 is 0 Å². The summed E-state index contributed by atoms with van der Waals surface area (Å²) in [5.41, 5.74) is 4.72. The zero-order valence-electron chi connectivity index (χ0n) is 13.0. The first-order valence-corrected chi connectivity index (χ1v) is 9.08. The Morgan fingerprint density at radius 3 is 3.04 bits per heavy atom. The van der Waals surface area contributed by atoms with Gasteiger partial charge >= 0.3 is 0 Å². The van der Waals surface area contributed by atoms with E-state index in [1.807, 2.05) is 42.5 Å². The Bertz CT molecular complexity index is 821. The maximum absolute atomic E-state index is 12.4. The van der Waals surface area contributed by atoms with E-state index in [0.29, 0.717) is 6.61 Å². The van der Waals surface area contributed by atoms with Gasteiger partial charge in [-0.1, -0.05) is 34.2 Å². The van der Waals surface area contributed by atoms with E-state index in [4.69, 9.17) is 4.74 Å². The molecule has 3 aliphatic rings. The highest BCUT2D eigenvalue weighted by atomic mass is 79.9. The second kappa shape index (κ2) is 6.32. The van der Waals surface area contributed by atoms with Gasteiger partial charge in [-0.3, -0.25) is 4.79 Å². The third-order valence-electron chi connectivity index (χ3n) is 4.37. The maximum atomic E-state index is 12.4. The molecule has 2 aliphatic heterocycles. The molecular weight excluding hydrogens is 368 g/mol. The van der Waals surface area contributed by atoms with Gasteiger partial charge in [0.1, 0.15) is 5.75 Å². The molecular formula is C19H17BrN2O2. The van der Waals surface area contributed by atoms with Crippen LogP contribution in [0.5, 0.6) is 5.75 Å². The van der Waals surface area contributed by atoms with Crippen LogP contribution in [0, 0.1) is 5.92 Å². The Morgan fingerprint density at radius 2 is 2.17 bits per heavy atom. The normalized spacial score (nSPS) is 24.0. The van der Waals surface area contributed by atoms with Gasteiger partial charge in [0.25, 0.3) is 5.91 Å². The molecule has 1 fully saturated rings. The maximum Gasteiger partial charge on any atom is 0.254 e. The van der Waals surface area contributed by atoms with Crippen LogP contribution < -0.4 is 15.4 Å². The molecule has 1 aromatic carbocycles. The summed E-state index contributed by atoms with van der Waals surface area (Å²) in [6.07, 6.45) is 10.9. The van der Waals surface area contributed by atoms with Gasteiger partial charge in [0.15, 0.2) is 0 Å². The first kappa shape index (κ1) is 15.3. The Morgan fingerprint density at radius 1 is 1.25 bits per heavy atom. The smallest absolute Gasteiger partial charge is 0.254 e. The molecule has 1 aromatic rings. The summed E-state index contributed by atoms with van der Waals surface area (Å²) < 4.78 is 5.64. The first-order chi connectivity index (χ1) is 11.8. The van der Waals surface area contributed by atoms with Crippen LogP contribution in [0.25, 0.3) is 6.08 Å². The van der Waals surface area contributed by atoms with Gasteiger partial charge < -0.3 is 15.4 Å². The van der Waals surface area contributed by atoms with Crippen molar-refractivity contribution in [2.45, 2.75) is 6.42 Å². The van der Waals surface area contributed by atoms with E-state index in [-0.39, 0.29) is 11.8 Å². The van der Waals surface area contributed by atoms with Crippen molar-refractivity contribution in [1.82, 2.24) is 5.32 Å². The minimum Gasteiger partial charge on any atom is -0.493 e. The second-order valence-corrected chi connectivity index (χ2v) is 6.66. The zero-order valence-corrected chi connectivity index (χ0v) is 14.6. The molecule has 4 rings (SSSR count). The largest absolute Gasteiger partial charge is 0.493 e. The summed E-state index contributed by atoms with van der Waals surface area (Å²) in [5.74, 6) is 0.956. The molecule has 1 amide bonds. The van der Waals surface area contributed by atoms with Crippen LogP contribution in [0.3, 0.4) is 0 Å². The van der Waals surface area contributed by atoms with E-state index in [2.05, 4.69) is 32.6 Å². The molecule has 5 heteroatoms. The number of halogens is 1. The number of fused-ring (bicyclic) bond motifs is 2. The monoisotopic (exact) mass is 384 g/mol. The van der Waals surface area contributed by atoms with Crippen LogP contribution in [0.1, 0.15) is 12.0 Å². The summed E-state index contributed by atoms with van der Waals surface area (Å²) in [7, 11) is 0. The lowest BCUT2D eigenvalue weighted by molar-refractivity contribution is -0.116. The fraction of sp³-hybridized carbons (Fsp3) is 0.211. The topological polar surface area (TPSA) is 50.4 Å². The molecule has 1 unspecified atom stereocenters. The van der Waals surface area contributed by atoms with Crippen molar-refractivity contribution in [2.24, 2.45) is 5.92 Å². The number of ether oxygens (including phenoxy) is 1. The van der Waals surface area contributed by atoms with Gasteiger partial charge in [-0.15, -0.1) is 0 Å². The van der Waals surface area contributed by atoms with E-state index in [9.17, 15) is 4.79 Å². The quantitative estimate of drug-likeness (QED) is 0.616. The number of nitrogens with one attached hydrogen (secondary N) is 2. The summed E-state index contributed by atoms with van der Waals surface area (Å²) in [6, 6.07) is 5.94. The van der Waals surface area contributed by atoms with Crippen molar-refractivity contribution in [2.75, 3.05) is 17.3 Å². The molecule has 24 heavy (non-hydrogen) atoms. The van der Waals surface area contributed by atoms with E-state index in [1.165, 1.54) is 0 Å². The van der Waals surface area contributed by atoms with Crippen LogP contribution in [0.15, 0.2) is 59.5 Å². The number of allylic oxidation sites excluding steroid dienone is 5. The molecule has 0 bridgehead atoms. The molecule has 1 aliphatic carbocycles. The molecule has 0 saturated carbocycles. The summed E-state index contributed by atoms with van der Waals surface area (Å²) in [5, 5.41) is 7.18. The number of carbonyl (C=O) groups is 1. The summed E-state index contributed by atoms with van der Waals surface area (Å²) in [6.45, 7) is 0.635. The van der Waals surface area contributed by atoms with Gasteiger partial charge in [-0.25, -0.2) is 0 Å². The van der Waals surface area contributed by atoms with Crippen molar-refractivity contribution >= 4 is 33.6 Å². The fourth-order valence-electron chi connectivity index (χ4n) is 3.25. The van der Waals surface area contributed by atoms with Crippen molar-refractivity contribution in [3.05, 3.63) is 65.0 Å². The molecule has 0 spiro atoms.